The van der Waals surface area contributed by atoms with Crippen LogP contribution in [0.15, 0.2) is 24.3 Å². The molecule has 2 rings (SSSR count). The SMILES string of the molecule is CCN(C(=O)C1CCNC1)c1cccc(C)c1.Cl. The molecular weight excluding hydrogens is 248 g/mol. The normalized spacial score (nSPS) is 18.2. The first-order valence-corrected chi connectivity index (χ1v) is 6.31. The van der Waals surface area contributed by atoms with Crippen LogP contribution in [0.3, 0.4) is 0 Å². The highest BCUT2D eigenvalue weighted by molar-refractivity contribution is 5.95. The van der Waals surface area contributed by atoms with Crippen LogP contribution in [-0.4, -0.2) is 25.5 Å². The number of hydrogen-bond donors (Lipinski definition) is 1. The van der Waals surface area contributed by atoms with E-state index in [4.69, 9.17) is 0 Å². The average molecular weight is 269 g/mol. The fraction of sp³-hybridized carbons (Fsp3) is 0.500. The Kier molecular flexibility index (Phi) is 5.63. The Bertz CT molecular complexity index is 403. The summed E-state index contributed by atoms with van der Waals surface area (Å²) in [5.41, 5.74) is 2.21. The lowest BCUT2D eigenvalue weighted by Gasteiger charge is -2.24. The van der Waals surface area contributed by atoms with E-state index in [2.05, 4.69) is 24.4 Å². The summed E-state index contributed by atoms with van der Waals surface area (Å²) in [5.74, 6) is 0.401. The van der Waals surface area contributed by atoms with Crippen LogP contribution in [0.5, 0.6) is 0 Å². The molecule has 1 saturated heterocycles. The van der Waals surface area contributed by atoms with Crippen molar-refractivity contribution in [2.24, 2.45) is 5.92 Å². The summed E-state index contributed by atoms with van der Waals surface area (Å²) >= 11 is 0. The second kappa shape index (κ2) is 6.76. The highest BCUT2D eigenvalue weighted by atomic mass is 35.5. The first-order valence-electron chi connectivity index (χ1n) is 6.31. The number of anilines is 1. The van der Waals surface area contributed by atoms with Crippen LogP contribution in [0, 0.1) is 12.8 Å². The molecule has 0 aliphatic carbocycles. The van der Waals surface area contributed by atoms with E-state index >= 15 is 0 Å². The van der Waals surface area contributed by atoms with Gasteiger partial charge in [0, 0.05) is 18.8 Å². The van der Waals surface area contributed by atoms with Gasteiger partial charge in [-0.05, 0) is 44.5 Å². The van der Waals surface area contributed by atoms with Crippen molar-refractivity contribution >= 4 is 24.0 Å². The molecule has 100 valence electrons. The maximum atomic E-state index is 12.4. The number of nitrogens with one attached hydrogen (secondary N) is 1. The molecule has 0 bridgehead atoms. The topological polar surface area (TPSA) is 32.3 Å². The number of halogens is 1. The minimum Gasteiger partial charge on any atom is -0.316 e. The molecule has 1 fully saturated rings. The summed E-state index contributed by atoms with van der Waals surface area (Å²) in [6.45, 7) is 6.60. The number of rotatable bonds is 3. The highest BCUT2D eigenvalue weighted by Crippen LogP contribution is 2.20. The van der Waals surface area contributed by atoms with Crippen molar-refractivity contribution in [1.29, 1.82) is 0 Å². The molecule has 0 saturated carbocycles. The summed E-state index contributed by atoms with van der Waals surface area (Å²) in [6.07, 6.45) is 0.959. The second-order valence-corrected chi connectivity index (χ2v) is 4.61. The van der Waals surface area contributed by atoms with E-state index in [1.54, 1.807) is 0 Å². The van der Waals surface area contributed by atoms with Gasteiger partial charge >= 0.3 is 0 Å². The van der Waals surface area contributed by atoms with Gasteiger partial charge in [0.15, 0.2) is 0 Å². The van der Waals surface area contributed by atoms with Crippen LogP contribution in [0.2, 0.25) is 0 Å². The van der Waals surface area contributed by atoms with Crippen molar-refractivity contribution < 1.29 is 4.79 Å². The number of nitrogens with zero attached hydrogens (tertiary/aromatic N) is 1. The predicted molar refractivity (Wildman–Crippen MR) is 77.4 cm³/mol. The Hall–Kier alpha value is -1.06. The largest absolute Gasteiger partial charge is 0.316 e. The van der Waals surface area contributed by atoms with Crippen LogP contribution in [0.1, 0.15) is 18.9 Å². The van der Waals surface area contributed by atoms with Crippen molar-refractivity contribution in [3.05, 3.63) is 29.8 Å². The van der Waals surface area contributed by atoms with E-state index in [1.165, 1.54) is 5.56 Å². The summed E-state index contributed by atoms with van der Waals surface area (Å²) in [6, 6.07) is 8.15. The molecule has 1 unspecified atom stereocenters. The van der Waals surface area contributed by atoms with Gasteiger partial charge in [-0.2, -0.15) is 0 Å². The zero-order chi connectivity index (χ0) is 12.3. The Morgan fingerprint density at radius 1 is 1.50 bits per heavy atom. The number of benzene rings is 1. The monoisotopic (exact) mass is 268 g/mol. The van der Waals surface area contributed by atoms with Gasteiger partial charge in [-0.15, -0.1) is 12.4 Å². The Morgan fingerprint density at radius 3 is 2.83 bits per heavy atom. The Balaban J connectivity index is 0.00000162. The minimum atomic E-state index is 0. The van der Waals surface area contributed by atoms with Gasteiger partial charge in [0.2, 0.25) is 5.91 Å². The van der Waals surface area contributed by atoms with E-state index < -0.39 is 0 Å². The van der Waals surface area contributed by atoms with E-state index in [0.29, 0.717) is 0 Å². The molecule has 1 N–H and O–H groups in total. The molecule has 18 heavy (non-hydrogen) atoms. The molecule has 0 radical (unpaired) electrons. The van der Waals surface area contributed by atoms with Gasteiger partial charge in [0.25, 0.3) is 0 Å². The standard InChI is InChI=1S/C14H20N2O.ClH/c1-3-16(13-6-4-5-11(2)9-13)14(17)12-7-8-15-10-12;/h4-6,9,12,15H,3,7-8,10H2,1-2H3;1H. The Morgan fingerprint density at radius 2 is 2.28 bits per heavy atom. The third kappa shape index (κ3) is 3.24. The molecule has 1 aliphatic heterocycles. The van der Waals surface area contributed by atoms with Crippen molar-refractivity contribution in [1.82, 2.24) is 5.32 Å². The number of carbonyl (C=O) groups is 1. The summed E-state index contributed by atoms with van der Waals surface area (Å²) < 4.78 is 0. The van der Waals surface area contributed by atoms with Crippen molar-refractivity contribution in [3.8, 4) is 0 Å². The number of carbonyl (C=O) groups excluding carboxylic acids is 1. The first-order chi connectivity index (χ1) is 8.22. The minimum absolute atomic E-state index is 0. The zero-order valence-corrected chi connectivity index (χ0v) is 11.8. The third-order valence-corrected chi connectivity index (χ3v) is 3.31. The van der Waals surface area contributed by atoms with Gasteiger partial charge in [0.05, 0.1) is 5.92 Å². The van der Waals surface area contributed by atoms with Gasteiger partial charge in [-0.3, -0.25) is 4.79 Å². The zero-order valence-electron chi connectivity index (χ0n) is 11.0. The number of amides is 1. The van der Waals surface area contributed by atoms with E-state index in [-0.39, 0.29) is 24.2 Å². The fourth-order valence-corrected chi connectivity index (χ4v) is 2.35. The van der Waals surface area contributed by atoms with Crippen molar-refractivity contribution in [2.75, 3.05) is 24.5 Å². The maximum absolute atomic E-state index is 12.4. The molecule has 3 nitrogen and oxygen atoms in total. The molecule has 1 aromatic rings. The highest BCUT2D eigenvalue weighted by Gasteiger charge is 2.27. The maximum Gasteiger partial charge on any atom is 0.231 e. The summed E-state index contributed by atoms with van der Waals surface area (Å²) in [4.78, 5) is 14.3. The van der Waals surface area contributed by atoms with Crippen LogP contribution in [0.25, 0.3) is 0 Å². The van der Waals surface area contributed by atoms with Crippen molar-refractivity contribution in [2.45, 2.75) is 20.3 Å². The fourth-order valence-electron chi connectivity index (χ4n) is 2.35. The van der Waals surface area contributed by atoms with Crippen LogP contribution in [-0.2, 0) is 4.79 Å². The van der Waals surface area contributed by atoms with Crippen LogP contribution in [0.4, 0.5) is 5.69 Å². The molecule has 1 amide bonds. The van der Waals surface area contributed by atoms with Crippen molar-refractivity contribution in [3.63, 3.8) is 0 Å². The molecule has 1 atom stereocenters. The average Bonchev–Trinajstić information content (AvgIpc) is 2.83. The van der Waals surface area contributed by atoms with Crippen LogP contribution >= 0.6 is 12.4 Å². The predicted octanol–water partition coefficient (Wildman–Crippen LogP) is 2.38. The van der Waals surface area contributed by atoms with E-state index in [0.717, 1.165) is 31.7 Å². The number of hydrogen-bond acceptors (Lipinski definition) is 2. The quantitative estimate of drug-likeness (QED) is 0.913. The summed E-state index contributed by atoms with van der Waals surface area (Å²) in [7, 11) is 0. The van der Waals surface area contributed by atoms with Gasteiger partial charge in [-0.25, -0.2) is 0 Å². The molecule has 1 heterocycles. The summed E-state index contributed by atoms with van der Waals surface area (Å²) in [5, 5.41) is 3.25. The lowest BCUT2D eigenvalue weighted by molar-refractivity contribution is -0.121. The first kappa shape index (κ1) is 15.0. The third-order valence-electron chi connectivity index (χ3n) is 3.31. The van der Waals surface area contributed by atoms with Gasteiger partial charge < -0.3 is 10.2 Å². The molecule has 0 aromatic heterocycles. The molecule has 4 heteroatoms. The Labute approximate surface area is 115 Å². The molecule has 1 aliphatic rings. The smallest absolute Gasteiger partial charge is 0.231 e. The number of aryl methyl sites for hydroxylation is 1. The van der Waals surface area contributed by atoms with Crippen LogP contribution < -0.4 is 10.2 Å². The molecule has 0 spiro atoms. The lowest BCUT2D eigenvalue weighted by atomic mass is 10.1. The van der Waals surface area contributed by atoms with E-state index in [9.17, 15) is 4.79 Å². The molecule has 1 aromatic carbocycles. The second-order valence-electron chi connectivity index (χ2n) is 4.61. The lowest BCUT2D eigenvalue weighted by Crippen LogP contribution is -2.37. The van der Waals surface area contributed by atoms with E-state index in [1.807, 2.05) is 24.0 Å². The molecular formula is C14H21ClN2O. The van der Waals surface area contributed by atoms with Gasteiger partial charge in [0.1, 0.15) is 0 Å². The van der Waals surface area contributed by atoms with Gasteiger partial charge in [-0.1, -0.05) is 12.1 Å².